The van der Waals surface area contributed by atoms with Gasteiger partial charge in [-0.15, -0.1) is 22.9 Å². The van der Waals surface area contributed by atoms with Crippen LogP contribution in [-0.2, 0) is 4.74 Å². The van der Waals surface area contributed by atoms with Crippen LogP contribution in [0.4, 0.5) is 0 Å². The van der Waals surface area contributed by atoms with Crippen molar-refractivity contribution in [2.45, 2.75) is 12.2 Å². The quantitative estimate of drug-likeness (QED) is 0.622. The first kappa shape index (κ1) is 12.4. The first-order chi connectivity index (χ1) is 7.10. The van der Waals surface area contributed by atoms with Crippen molar-refractivity contribution in [1.29, 1.82) is 0 Å². The zero-order valence-electron chi connectivity index (χ0n) is 8.01. The average molecular weight is 251 g/mol. The Morgan fingerprint density at radius 2 is 2.33 bits per heavy atom. The fraction of sp³-hybridized carbons (Fsp3) is 0.444. The summed E-state index contributed by atoms with van der Waals surface area (Å²) < 4.78 is 4.51. The van der Waals surface area contributed by atoms with Crippen LogP contribution in [0, 0.1) is 0 Å². The number of hydrogen-bond donors (Lipinski definition) is 2. The number of halogens is 1. The average Bonchev–Trinajstić information content (AvgIpc) is 2.75. The van der Waals surface area contributed by atoms with E-state index >= 15 is 0 Å². The molecule has 0 saturated carbocycles. The zero-order valence-corrected chi connectivity index (χ0v) is 9.59. The number of carbonyl (C=O) groups excluding carboxylic acids is 1. The van der Waals surface area contributed by atoms with E-state index in [1.54, 1.807) is 5.38 Å². The van der Waals surface area contributed by atoms with Gasteiger partial charge in [-0.2, -0.15) is 0 Å². The Hall–Kier alpha value is -0.620. The third-order valence-electron chi connectivity index (χ3n) is 1.85. The van der Waals surface area contributed by atoms with Gasteiger partial charge in [-0.05, 0) is 6.07 Å². The van der Waals surface area contributed by atoms with Crippen molar-refractivity contribution in [3.8, 4) is 0 Å². The van der Waals surface area contributed by atoms with Crippen LogP contribution in [0.15, 0.2) is 11.4 Å². The van der Waals surface area contributed by atoms with E-state index in [4.69, 9.17) is 11.6 Å². The van der Waals surface area contributed by atoms with Gasteiger partial charge in [0.2, 0.25) is 0 Å². The Bertz CT molecular complexity index is 339. The Labute approximate surface area is 96.1 Å². The molecule has 1 aromatic heterocycles. The summed E-state index contributed by atoms with van der Waals surface area (Å²) in [6, 6.07) is 1.48. The molecular weight excluding hydrogens is 240 g/mol. The summed E-state index contributed by atoms with van der Waals surface area (Å²) in [6.45, 7) is 0. The fourth-order valence-corrected chi connectivity index (χ4v) is 2.09. The molecule has 0 aromatic carbocycles. The second-order valence-corrected chi connectivity index (χ2v) is 4.15. The second-order valence-electron chi connectivity index (χ2n) is 2.90. The summed E-state index contributed by atoms with van der Waals surface area (Å²) in [7, 11) is 1.28. The van der Waals surface area contributed by atoms with Crippen LogP contribution >= 0.6 is 22.9 Å². The maximum atomic E-state index is 11.1. The largest absolute Gasteiger partial charge is 0.465 e. The van der Waals surface area contributed by atoms with E-state index in [1.165, 1.54) is 24.5 Å². The molecule has 84 valence electrons. The Kier molecular flexibility index (Phi) is 4.53. The molecule has 0 fully saturated rings. The van der Waals surface area contributed by atoms with Crippen LogP contribution in [0.25, 0.3) is 0 Å². The van der Waals surface area contributed by atoms with Crippen molar-refractivity contribution >= 4 is 28.9 Å². The van der Waals surface area contributed by atoms with Crippen LogP contribution in [-0.4, -0.2) is 35.3 Å². The van der Waals surface area contributed by atoms with Gasteiger partial charge < -0.3 is 14.9 Å². The molecule has 2 unspecified atom stereocenters. The number of methoxy groups -OCH3 is 1. The molecule has 1 aromatic rings. The van der Waals surface area contributed by atoms with Crippen molar-refractivity contribution in [3.63, 3.8) is 0 Å². The highest BCUT2D eigenvalue weighted by molar-refractivity contribution is 7.10. The molecule has 0 aliphatic heterocycles. The van der Waals surface area contributed by atoms with Crippen LogP contribution in [0.2, 0.25) is 0 Å². The summed E-state index contributed by atoms with van der Waals surface area (Å²) in [4.78, 5) is 11.6. The minimum Gasteiger partial charge on any atom is -0.465 e. The van der Waals surface area contributed by atoms with Gasteiger partial charge in [0.1, 0.15) is 6.10 Å². The second kappa shape index (κ2) is 5.46. The lowest BCUT2D eigenvalue weighted by molar-refractivity contribution is 0.0349. The van der Waals surface area contributed by atoms with Crippen molar-refractivity contribution in [1.82, 2.24) is 0 Å². The van der Waals surface area contributed by atoms with Gasteiger partial charge in [0.05, 0.1) is 24.7 Å². The topological polar surface area (TPSA) is 66.8 Å². The molecule has 0 amide bonds. The summed E-state index contributed by atoms with van der Waals surface area (Å²) in [6.07, 6.45) is -2.10. The molecule has 2 atom stereocenters. The number of esters is 1. The highest BCUT2D eigenvalue weighted by Crippen LogP contribution is 2.25. The number of alkyl halides is 1. The minimum atomic E-state index is -1.06. The first-order valence-corrected chi connectivity index (χ1v) is 5.60. The lowest BCUT2D eigenvalue weighted by Crippen LogP contribution is -2.18. The van der Waals surface area contributed by atoms with E-state index in [2.05, 4.69) is 4.74 Å². The molecule has 0 bridgehead atoms. The lowest BCUT2D eigenvalue weighted by Gasteiger charge is -2.12. The molecule has 15 heavy (non-hydrogen) atoms. The number of carbonyl (C=O) groups is 1. The van der Waals surface area contributed by atoms with Gasteiger partial charge in [0.25, 0.3) is 0 Å². The maximum Gasteiger partial charge on any atom is 0.338 e. The van der Waals surface area contributed by atoms with E-state index in [0.29, 0.717) is 10.4 Å². The van der Waals surface area contributed by atoms with E-state index in [9.17, 15) is 15.0 Å². The van der Waals surface area contributed by atoms with Gasteiger partial charge in [0, 0.05) is 10.3 Å². The Morgan fingerprint density at radius 3 is 2.87 bits per heavy atom. The number of ether oxygens (including phenoxy) is 1. The normalized spacial score (nSPS) is 14.7. The first-order valence-electron chi connectivity index (χ1n) is 4.19. The summed E-state index contributed by atoms with van der Waals surface area (Å²) >= 11 is 6.57. The van der Waals surface area contributed by atoms with Crippen molar-refractivity contribution in [2.24, 2.45) is 0 Å². The van der Waals surface area contributed by atoms with Gasteiger partial charge >= 0.3 is 5.97 Å². The molecule has 6 heteroatoms. The SMILES string of the molecule is COC(=O)c1csc(C(O)C(O)CCl)c1. The van der Waals surface area contributed by atoms with E-state index in [0.717, 1.165) is 0 Å². The van der Waals surface area contributed by atoms with Crippen LogP contribution in [0.3, 0.4) is 0 Å². The van der Waals surface area contributed by atoms with Gasteiger partial charge in [0.15, 0.2) is 0 Å². The van der Waals surface area contributed by atoms with Gasteiger partial charge in [-0.25, -0.2) is 4.79 Å². The summed E-state index contributed by atoms with van der Waals surface area (Å²) in [5.74, 6) is -0.530. The minimum absolute atomic E-state index is 0.0629. The molecular formula is C9H11ClO4S. The molecule has 0 aliphatic carbocycles. The van der Waals surface area contributed by atoms with Crippen LogP contribution in [0.5, 0.6) is 0 Å². The molecule has 1 rings (SSSR count). The third-order valence-corrected chi connectivity index (χ3v) is 3.17. The molecule has 0 saturated heterocycles. The van der Waals surface area contributed by atoms with Gasteiger partial charge in [-0.1, -0.05) is 0 Å². The molecule has 2 N–H and O–H groups in total. The molecule has 0 radical (unpaired) electrons. The van der Waals surface area contributed by atoms with E-state index < -0.39 is 18.2 Å². The number of hydrogen-bond acceptors (Lipinski definition) is 5. The van der Waals surface area contributed by atoms with Crippen molar-refractivity contribution in [3.05, 3.63) is 21.9 Å². The highest BCUT2D eigenvalue weighted by atomic mass is 35.5. The number of aliphatic hydroxyl groups excluding tert-OH is 2. The summed E-state index contributed by atoms with van der Waals surface area (Å²) in [5.41, 5.74) is 0.360. The van der Waals surface area contributed by atoms with Crippen molar-refractivity contribution < 1.29 is 19.7 Å². The monoisotopic (exact) mass is 250 g/mol. The Morgan fingerprint density at radius 1 is 1.67 bits per heavy atom. The molecule has 0 aliphatic rings. The zero-order chi connectivity index (χ0) is 11.4. The van der Waals surface area contributed by atoms with E-state index in [1.807, 2.05) is 0 Å². The van der Waals surface area contributed by atoms with Gasteiger partial charge in [-0.3, -0.25) is 0 Å². The molecule has 0 spiro atoms. The number of aliphatic hydroxyl groups is 2. The number of thiophene rings is 1. The predicted octanol–water partition coefficient (Wildman–Crippen LogP) is 1.17. The van der Waals surface area contributed by atoms with Crippen LogP contribution in [0.1, 0.15) is 21.3 Å². The number of rotatable bonds is 4. The maximum absolute atomic E-state index is 11.1. The van der Waals surface area contributed by atoms with E-state index in [-0.39, 0.29) is 5.88 Å². The Balaban J connectivity index is 2.79. The lowest BCUT2D eigenvalue weighted by atomic mass is 10.2. The third kappa shape index (κ3) is 2.92. The molecule has 4 nitrogen and oxygen atoms in total. The van der Waals surface area contributed by atoms with Crippen LogP contribution < -0.4 is 0 Å². The fourth-order valence-electron chi connectivity index (χ4n) is 1.01. The van der Waals surface area contributed by atoms with Crippen molar-refractivity contribution in [2.75, 3.05) is 13.0 Å². The predicted molar refractivity (Wildman–Crippen MR) is 57.3 cm³/mol. The summed E-state index contributed by atoms with van der Waals surface area (Å²) in [5, 5.41) is 20.4. The molecule has 1 heterocycles. The highest BCUT2D eigenvalue weighted by Gasteiger charge is 2.20. The standard InChI is InChI=1S/C9H11ClO4S/c1-14-9(13)5-2-7(15-4-5)8(12)6(11)3-10/h2,4,6,8,11-12H,3H2,1H3. The smallest absolute Gasteiger partial charge is 0.338 e.